The van der Waals surface area contributed by atoms with Crippen LogP contribution in [-0.2, 0) is 4.74 Å². The number of nitrogens with zero attached hydrogens (tertiary/aromatic N) is 2. The maximum absolute atomic E-state index is 14.8. The largest absolute Gasteiger partial charge is 0.483 e. The Labute approximate surface area is 190 Å². The van der Waals surface area contributed by atoms with Crippen LogP contribution in [0.25, 0.3) is 31.8 Å². The number of hydrogen-bond donors (Lipinski definition) is 1. The highest BCUT2D eigenvalue weighted by Crippen LogP contribution is 2.37. The molecule has 2 atom stereocenters. The van der Waals surface area contributed by atoms with Crippen molar-refractivity contribution in [1.29, 1.82) is 0 Å². The topological polar surface area (TPSA) is 94.2 Å². The van der Waals surface area contributed by atoms with Crippen molar-refractivity contribution in [2.24, 2.45) is 0 Å². The summed E-state index contributed by atoms with van der Waals surface area (Å²) in [5.74, 6) is -0.472. The van der Waals surface area contributed by atoms with Gasteiger partial charge in [-0.15, -0.1) is 11.3 Å². The summed E-state index contributed by atoms with van der Waals surface area (Å²) in [6, 6.07) is 6.72. The molecule has 4 aromatic rings. The number of thiazole rings is 1. The Bertz CT molecular complexity index is 1420. The van der Waals surface area contributed by atoms with E-state index in [4.69, 9.17) is 21.1 Å². The van der Waals surface area contributed by atoms with Gasteiger partial charge in [-0.2, -0.15) is 0 Å². The van der Waals surface area contributed by atoms with E-state index in [9.17, 15) is 14.0 Å². The minimum atomic E-state index is -0.895. The van der Waals surface area contributed by atoms with E-state index in [1.165, 1.54) is 23.6 Å². The maximum Gasteiger partial charge on any atom is 0.404 e. The smallest absolute Gasteiger partial charge is 0.404 e. The van der Waals surface area contributed by atoms with Gasteiger partial charge in [0.1, 0.15) is 17.2 Å². The van der Waals surface area contributed by atoms with Crippen LogP contribution >= 0.6 is 22.9 Å². The lowest BCUT2D eigenvalue weighted by molar-refractivity contribution is 0.0456. The standard InChI is InChI=1S/C22H17ClFN3O4S/c1-10-5-11(20-14(6-10)26-19(28)9-25-20)21-27-13-7-12(24)17(8-18(13)32-21)30-15-3-2-4-16(15)31-22(23)29/h5-9,15-16H,2-4H2,1H3,(H,26,28)/t15-,16+/m0/s1. The van der Waals surface area contributed by atoms with E-state index in [-0.39, 0.29) is 11.3 Å². The third-order valence-corrected chi connectivity index (χ3v) is 6.55. The number of hydrogen-bond acceptors (Lipinski definition) is 7. The summed E-state index contributed by atoms with van der Waals surface area (Å²) in [4.78, 5) is 34.4. The quantitative estimate of drug-likeness (QED) is 0.403. The molecule has 0 spiro atoms. The van der Waals surface area contributed by atoms with Gasteiger partial charge in [-0.3, -0.25) is 4.79 Å². The lowest BCUT2D eigenvalue weighted by atomic mass is 10.1. The molecule has 1 N–H and O–H groups in total. The fourth-order valence-corrected chi connectivity index (χ4v) is 5.15. The lowest BCUT2D eigenvalue weighted by Crippen LogP contribution is -2.29. The molecule has 0 aliphatic heterocycles. The van der Waals surface area contributed by atoms with E-state index in [1.54, 1.807) is 6.07 Å². The fraction of sp³-hybridized carbons (Fsp3) is 0.273. The Balaban J connectivity index is 1.53. The number of nitrogens with one attached hydrogen (secondary N) is 1. The normalized spacial score (nSPS) is 18.3. The van der Waals surface area contributed by atoms with E-state index in [1.807, 2.05) is 19.1 Å². The van der Waals surface area contributed by atoms with Gasteiger partial charge in [0.15, 0.2) is 11.6 Å². The Morgan fingerprint density at radius 2 is 2.06 bits per heavy atom. The highest BCUT2D eigenvalue weighted by molar-refractivity contribution is 7.21. The average molecular weight is 474 g/mol. The molecule has 32 heavy (non-hydrogen) atoms. The predicted octanol–water partition coefficient (Wildman–Crippen LogP) is 5.32. The molecule has 2 aromatic heterocycles. The highest BCUT2D eigenvalue weighted by Gasteiger charge is 2.32. The number of halogens is 2. The van der Waals surface area contributed by atoms with Crippen molar-refractivity contribution in [1.82, 2.24) is 15.0 Å². The van der Waals surface area contributed by atoms with Gasteiger partial charge >= 0.3 is 5.43 Å². The Morgan fingerprint density at radius 1 is 1.25 bits per heavy atom. The Kier molecular flexibility index (Phi) is 5.30. The van der Waals surface area contributed by atoms with Gasteiger partial charge in [-0.1, -0.05) is 0 Å². The summed E-state index contributed by atoms with van der Waals surface area (Å²) in [6.45, 7) is 1.92. The highest BCUT2D eigenvalue weighted by atomic mass is 35.5. The summed E-state index contributed by atoms with van der Waals surface area (Å²) >= 11 is 6.71. The van der Waals surface area contributed by atoms with Gasteiger partial charge in [0, 0.05) is 29.3 Å². The number of H-pyrrole nitrogens is 1. The number of aromatic amines is 1. The number of benzene rings is 2. The van der Waals surface area contributed by atoms with Gasteiger partial charge in [-0.05, 0) is 43.9 Å². The van der Waals surface area contributed by atoms with Gasteiger partial charge in [0.05, 0.1) is 27.4 Å². The molecule has 2 aromatic carbocycles. The first-order chi connectivity index (χ1) is 15.4. The van der Waals surface area contributed by atoms with Crippen LogP contribution in [0.1, 0.15) is 24.8 Å². The molecule has 0 unspecified atom stereocenters. The van der Waals surface area contributed by atoms with Gasteiger partial charge in [0.2, 0.25) is 0 Å². The second-order valence-corrected chi connectivity index (χ2v) is 9.05. The van der Waals surface area contributed by atoms with Crippen LogP contribution in [-0.4, -0.2) is 32.6 Å². The van der Waals surface area contributed by atoms with Gasteiger partial charge in [-0.25, -0.2) is 19.2 Å². The molecule has 10 heteroatoms. The van der Waals surface area contributed by atoms with Crippen molar-refractivity contribution >= 4 is 49.6 Å². The second kappa shape index (κ2) is 8.14. The number of carbonyl (C=O) groups excluding carboxylic acids is 1. The first kappa shape index (κ1) is 20.8. The zero-order valence-electron chi connectivity index (χ0n) is 16.9. The molecule has 0 radical (unpaired) electrons. The van der Waals surface area contributed by atoms with Crippen LogP contribution < -0.4 is 10.3 Å². The van der Waals surface area contributed by atoms with Crippen LogP contribution in [0.5, 0.6) is 5.75 Å². The first-order valence-corrected chi connectivity index (χ1v) is 11.2. The monoisotopic (exact) mass is 473 g/mol. The van der Waals surface area contributed by atoms with Gasteiger partial charge in [0.25, 0.3) is 5.56 Å². The summed E-state index contributed by atoms with van der Waals surface area (Å²) < 4.78 is 26.5. The maximum atomic E-state index is 14.8. The number of rotatable bonds is 4. The van der Waals surface area contributed by atoms with Crippen LogP contribution in [0, 0.1) is 12.7 Å². The minimum Gasteiger partial charge on any atom is -0.483 e. The van der Waals surface area contributed by atoms with E-state index in [2.05, 4.69) is 15.0 Å². The van der Waals surface area contributed by atoms with Crippen LogP contribution in [0.2, 0.25) is 0 Å². The van der Waals surface area contributed by atoms with E-state index >= 15 is 0 Å². The SMILES string of the molecule is Cc1cc(-c2nc3cc(F)c(O[C@H]4CCC[C@H]4OC(=O)Cl)cc3s2)c2ncc(=O)[nH]c2c1. The lowest BCUT2D eigenvalue weighted by Gasteiger charge is -2.20. The summed E-state index contributed by atoms with van der Waals surface area (Å²) in [5, 5.41) is 0.652. The molecule has 5 rings (SSSR count). The van der Waals surface area contributed by atoms with Crippen LogP contribution in [0.3, 0.4) is 0 Å². The molecule has 1 aliphatic carbocycles. The number of fused-ring (bicyclic) bond motifs is 2. The molecule has 1 aliphatic rings. The van der Waals surface area contributed by atoms with E-state index in [0.717, 1.165) is 22.2 Å². The zero-order valence-corrected chi connectivity index (χ0v) is 18.4. The van der Waals surface area contributed by atoms with Gasteiger partial charge < -0.3 is 14.5 Å². The Morgan fingerprint density at radius 3 is 2.88 bits per heavy atom. The number of ether oxygens (including phenoxy) is 2. The molecule has 7 nitrogen and oxygen atoms in total. The van der Waals surface area contributed by atoms with Crippen molar-refractivity contribution in [3.8, 4) is 16.3 Å². The van der Waals surface area contributed by atoms with E-state index in [0.29, 0.717) is 34.4 Å². The number of aromatic nitrogens is 3. The summed E-state index contributed by atoms with van der Waals surface area (Å²) in [7, 11) is 0. The third-order valence-electron chi connectivity index (χ3n) is 5.41. The molecule has 2 heterocycles. The van der Waals surface area contributed by atoms with Crippen LogP contribution in [0.15, 0.2) is 35.3 Å². The summed E-state index contributed by atoms with van der Waals surface area (Å²) in [5.41, 5.74) is 2.23. The van der Waals surface area contributed by atoms with Crippen molar-refractivity contribution < 1.29 is 18.7 Å². The number of carbonyl (C=O) groups is 1. The predicted molar refractivity (Wildman–Crippen MR) is 120 cm³/mol. The Hall–Kier alpha value is -3.04. The summed E-state index contributed by atoms with van der Waals surface area (Å²) in [6.07, 6.45) is 2.32. The number of aryl methyl sites for hydroxylation is 1. The molecule has 164 valence electrons. The molecule has 1 fully saturated rings. The molecule has 0 saturated heterocycles. The molecular weight excluding hydrogens is 457 g/mol. The second-order valence-electron chi connectivity index (χ2n) is 7.71. The molecule has 0 amide bonds. The first-order valence-electron chi connectivity index (χ1n) is 10.0. The molecule has 0 bridgehead atoms. The minimum absolute atomic E-state index is 0.0757. The van der Waals surface area contributed by atoms with Crippen molar-refractivity contribution in [2.45, 2.75) is 38.4 Å². The average Bonchev–Trinajstić information content (AvgIpc) is 3.33. The third kappa shape index (κ3) is 3.93. The van der Waals surface area contributed by atoms with Crippen molar-refractivity contribution in [3.63, 3.8) is 0 Å². The zero-order chi connectivity index (χ0) is 22.4. The fourth-order valence-electron chi connectivity index (χ4n) is 4.04. The molecule has 1 saturated carbocycles. The molecular formula is C22H17ClFN3O4S. The van der Waals surface area contributed by atoms with E-state index < -0.39 is 23.5 Å². The van der Waals surface area contributed by atoms with Crippen molar-refractivity contribution in [3.05, 3.63) is 52.2 Å². The van der Waals surface area contributed by atoms with Crippen molar-refractivity contribution in [2.75, 3.05) is 0 Å². The van der Waals surface area contributed by atoms with Crippen LogP contribution in [0.4, 0.5) is 9.18 Å².